The third-order valence-corrected chi connectivity index (χ3v) is 4.53. The van der Waals surface area contributed by atoms with E-state index in [0.29, 0.717) is 11.3 Å². The molecule has 0 N–H and O–H groups in total. The van der Waals surface area contributed by atoms with Crippen molar-refractivity contribution in [2.75, 3.05) is 13.2 Å². The Morgan fingerprint density at radius 1 is 0.960 bits per heavy atom. The molecular formula is C21H22O4. The molecule has 4 nitrogen and oxygen atoms in total. The van der Waals surface area contributed by atoms with Gasteiger partial charge in [-0.1, -0.05) is 30.3 Å². The Hall–Kier alpha value is -2.62. The van der Waals surface area contributed by atoms with Crippen molar-refractivity contribution in [3.8, 4) is 5.75 Å². The number of rotatable bonds is 6. The van der Waals surface area contributed by atoms with Crippen LogP contribution in [0.1, 0.15) is 39.0 Å². The molecule has 0 saturated carbocycles. The number of hydrogen-bond donors (Lipinski definition) is 0. The van der Waals surface area contributed by atoms with Gasteiger partial charge in [0.2, 0.25) is 0 Å². The lowest BCUT2D eigenvalue weighted by Crippen LogP contribution is -2.20. The first-order chi connectivity index (χ1) is 12.0. The number of aryl methyl sites for hydroxylation is 4. The molecule has 0 fully saturated rings. The molecular weight excluding hydrogens is 316 g/mol. The number of ketones is 1. The summed E-state index contributed by atoms with van der Waals surface area (Å²) < 4.78 is 10.6. The lowest BCUT2D eigenvalue weighted by atomic mass is 10.0. The Labute approximate surface area is 147 Å². The summed E-state index contributed by atoms with van der Waals surface area (Å²) in [5, 5.41) is 0. The Morgan fingerprint density at radius 3 is 2.44 bits per heavy atom. The van der Waals surface area contributed by atoms with E-state index in [9.17, 15) is 9.59 Å². The number of fused-ring (bicyclic) bond motifs is 1. The third-order valence-electron chi connectivity index (χ3n) is 4.53. The first-order valence-corrected chi connectivity index (χ1v) is 8.54. The molecule has 0 heterocycles. The summed E-state index contributed by atoms with van der Waals surface area (Å²) >= 11 is 0. The molecule has 0 spiro atoms. The monoisotopic (exact) mass is 338 g/mol. The fourth-order valence-electron chi connectivity index (χ4n) is 3.17. The molecule has 2 aromatic carbocycles. The number of para-hydroxylation sites is 1. The summed E-state index contributed by atoms with van der Waals surface area (Å²) in [5.41, 5.74) is 5.07. The highest BCUT2D eigenvalue weighted by Crippen LogP contribution is 2.23. The Bertz CT molecular complexity index is 787. The lowest BCUT2D eigenvalue weighted by Gasteiger charge is -2.11. The zero-order chi connectivity index (χ0) is 17.8. The number of benzene rings is 2. The quantitative estimate of drug-likeness (QED) is 0.596. The van der Waals surface area contributed by atoms with Crippen LogP contribution in [0.4, 0.5) is 0 Å². The van der Waals surface area contributed by atoms with Crippen LogP contribution in [-0.4, -0.2) is 25.0 Å². The lowest BCUT2D eigenvalue weighted by molar-refractivity contribution is -0.144. The van der Waals surface area contributed by atoms with Crippen LogP contribution in [0.2, 0.25) is 0 Å². The van der Waals surface area contributed by atoms with E-state index in [1.807, 2.05) is 50.2 Å². The van der Waals surface area contributed by atoms with Gasteiger partial charge in [0, 0.05) is 5.56 Å². The molecule has 0 bridgehead atoms. The van der Waals surface area contributed by atoms with E-state index in [4.69, 9.17) is 9.47 Å². The van der Waals surface area contributed by atoms with Crippen LogP contribution in [0.25, 0.3) is 0 Å². The van der Waals surface area contributed by atoms with Gasteiger partial charge in [0.15, 0.2) is 19.0 Å². The van der Waals surface area contributed by atoms with Crippen molar-refractivity contribution in [2.45, 2.75) is 33.1 Å². The van der Waals surface area contributed by atoms with Gasteiger partial charge in [0.05, 0.1) is 0 Å². The second kappa shape index (κ2) is 7.51. The highest BCUT2D eigenvalue weighted by Gasteiger charge is 2.16. The molecule has 0 amide bonds. The molecule has 25 heavy (non-hydrogen) atoms. The second-order valence-electron chi connectivity index (χ2n) is 6.43. The summed E-state index contributed by atoms with van der Waals surface area (Å²) in [5.74, 6) is -0.0447. The standard InChI is InChI=1S/C21H22O4/c1-14-5-3-6-15(2)21(14)25-13-20(23)24-12-19(22)18-10-9-16-7-4-8-17(16)11-18/h3,5-6,9-11H,4,7-8,12-13H2,1-2H3. The fraction of sp³-hybridized carbons (Fsp3) is 0.333. The number of ether oxygens (including phenoxy) is 2. The zero-order valence-corrected chi connectivity index (χ0v) is 14.6. The van der Waals surface area contributed by atoms with E-state index < -0.39 is 5.97 Å². The summed E-state index contributed by atoms with van der Waals surface area (Å²) in [6.07, 6.45) is 3.23. The van der Waals surface area contributed by atoms with E-state index in [1.165, 1.54) is 11.1 Å². The molecule has 3 rings (SSSR count). The van der Waals surface area contributed by atoms with Gasteiger partial charge in [0.25, 0.3) is 0 Å². The number of esters is 1. The van der Waals surface area contributed by atoms with Crippen LogP contribution in [0.15, 0.2) is 36.4 Å². The molecule has 2 aromatic rings. The van der Waals surface area contributed by atoms with Crippen molar-refractivity contribution >= 4 is 11.8 Å². The molecule has 4 heteroatoms. The van der Waals surface area contributed by atoms with E-state index >= 15 is 0 Å². The molecule has 0 aromatic heterocycles. The van der Waals surface area contributed by atoms with Crippen molar-refractivity contribution in [2.24, 2.45) is 0 Å². The summed E-state index contributed by atoms with van der Waals surface area (Å²) in [7, 11) is 0. The van der Waals surface area contributed by atoms with Crippen LogP contribution in [0.5, 0.6) is 5.75 Å². The van der Waals surface area contributed by atoms with Crippen molar-refractivity contribution in [3.63, 3.8) is 0 Å². The average Bonchev–Trinajstić information content (AvgIpc) is 3.07. The smallest absolute Gasteiger partial charge is 0.344 e. The van der Waals surface area contributed by atoms with Gasteiger partial charge >= 0.3 is 5.97 Å². The molecule has 0 saturated heterocycles. The van der Waals surface area contributed by atoms with Crippen molar-refractivity contribution in [1.82, 2.24) is 0 Å². The maximum absolute atomic E-state index is 12.2. The summed E-state index contributed by atoms with van der Waals surface area (Å²) in [4.78, 5) is 24.1. The van der Waals surface area contributed by atoms with E-state index in [1.54, 1.807) is 0 Å². The van der Waals surface area contributed by atoms with Gasteiger partial charge in [-0.15, -0.1) is 0 Å². The first-order valence-electron chi connectivity index (χ1n) is 8.54. The molecule has 1 aliphatic carbocycles. The Kier molecular flexibility index (Phi) is 5.17. The molecule has 1 aliphatic rings. The van der Waals surface area contributed by atoms with Gasteiger partial charge in [-0.2, -0.15) is 0 Å². The number of carbonyl (C=O) groups is 2. The largest absolute Gasteiger partial charge is 0.481 e. The summed E-state index contributed by atoms with van der Waals surface area (Å²) in [6.45, 7) is 3.38. The zero-order valence-electron chi connectivity index (χ0n) is 14.6. The van der Waals surface area contributed by atoms with Gasteiger partial charge in [-0.25, -0.2) is 4.79 Å². The minimum atomic E-state index is -0.544. The van der Waals surface area contributed by atoms with Crippen LogP contribution in [0.3, 0.4) is 0 Å². The topological polar surface area (TPSA) is 52.6 Å². The highest BCUT2D eigenvalue weighted by molar-refractivity contribution is 5.98. The maximum atomic E-state index is 12.2. The molecule has 0 unspecified atom stereocenters. The molecule has 130 valence electrons. The van der Waals surface area contributed by atoms with Gasteiger partial charge < -0.3 is 9.47 Å². The minimum Gasteiger partial charge on any atom is -0.481 e. The Morgan fingerprint density at radius 2 is 1.68 bits per heavy atom. The van der Waals surface area contributed by atoms with E-state index in [0.717, 1.165) is 30.4 Å². The van der Waals surface area contributed by atoms with E-state index in [2.05, 4.69) is 0 Å². The van der Waals surface area contributed by atoms with Gasteiger partial charge in [-0.05, 0) is 61.4 Å². The average molecular weight is 338 g/mol. The van der Waals surface area contributed by atoms with Crippen molar-refractivity contribution in [1.29, 1.82) is 0 Å². The predicted octanol–water partition coefficient (Wildman–Crippen LogP) is 3.60. The second-order valence-corrected chi connectivity index (χ2v) is 6.43. The fourth-order valence-corrected chi connectivity index (χ4v) is 3.17. The third kappa shape index (κ3) is 4.08. The van der Waals surface area contributed by atoms with Crippen LogP contribution in [0, 0.1) is 13.8 Å². The number of carbonyl (C=O) groups excluding carboxylic acids is 2. The number of hydrogen-bond acceptors (Lipinski definition) is 4. The molecule has 0 aliphatic heterocycles. The SMILES string of the molecule is Cc1cccc(C)c1OCC(=O)OCC(=O)c1ccc2c(c1)CCC2. The highest BCUT2D eigenvalue weighted by atomic mass is 16.6. The predicted molar refractivity (Wildman–Crippen MR) is 95.2 cm³/mol. The number of Topliss-reactive ketones (excluding diaryl/α,β-unsaturated/α-hetero) is 1. The Balaban J connectivity index is 1.51. The maximum Gasteiger partial charge on any atom is 0.344 e. The minimum absolute atomic E-state index is 0.185. The van der Waals surface area contributed by atoms with Gasteiger partial charge in [-0.3, -0.25) is 4.79 Å². The molecule has 0 radical (unpaired) electrons. The van der Waals surface area contributed by atoms with E-state index in [-0.39, 0.29) is 19.0 Å². The van der Waals surface area contributed by atoms with Crippen molar-refractivity contribution < 1.29 is 19.1 Å². The molecule has 0 atom stereocenters. The van der Waals surface area contributed by atoms with Crippen LogP contribution in [-0.2, 0) is 22.4 Å². The van der Waals surface area contributed by atoms with Crippen molar-refractivity contribution in [3.05, 3.63) is 64.2 Å². The summed E-state index contributed by atoms with van der Waals surface area (Å²) in [6, 6.07) is 11.5. The van der Waals surface area contributed by atoms with Crippen LogP contribution >= 0.6 is 0 Å². The normalized spacial score (nSPS) is 12.6. The van der Waals surface area contributed by atoms with Crippen LogP contribution < -0.4 is 4.74 Å². The van der Waals surface area contributed by atoms with Gasteiger partial charge in [0.1, 0.15) is 5.75 Å². The first kappa shape index (κ1) is 17.2.